The lowest BCUT2D eigenvalue weighted by atomic mass is 10.1. The van der Waals surface area contributed by atoms with Crippen LogP contribution in [0, 0.1) is 0 Å². The molecule has 0 unspecified atom stereocenters. The maximum Gasteiger partial charge on any atom is 0.573 e. The maximum atomic E-state index is 11.9. The number of hydrogen-bond donors (Lipinski definition) is 2. The molecule has 0 saturated heterocycles. The number of anilines is 1. The van der Waals surface area contributed by atoms with Crippen LogP contribution >= 0.6 is 0 Å². The number of aliphatic hydroxyl groups is 1. The number of benzene rings is 1. The van der Waals surface area contributed by atoms with Crippen molar-refractivity contribution in [2.45, 2.75) is 12.5 Å². The van der Waals surface area contributed by atoms with Crippen molar-refractivity contribution in [3.05, 3.63) is 23.8 Å². The van der Waals surface area contributed by atoms with Gasteiger partial charge in [0.15, 0.2) is 6.10 Å². The third-order valence-corrected chi connectivity index (χ3v) is 2.06. The van der Waals surface area contributed by atoms with Gasteiger partial charge < -0.3 is 15.2 Å². The zero-order valence-electron chi connectivity index (χ0n) is 7.71. The molecule has 0 radical (unpaired) electrons. The van der Waals surface area contributed by atoms with Crippen LogP contribution in [-0.4, -0.2) is 17.4 Å². The summed E-state index contributed by atoms with van der Waals surface area (Å²) < 4.78 is 39.4. The molecule has 7 heteroatoms. The second-order valence-corrected chi connectivity index (χ2v) is 3.19. The fourth-order valence-corrected chi connectivity index (χ4v) is 1.42. The van der Waals surface area contributed by atoms with E-state index in [0.717, 1.165) is 12.1 Å². The minimum Gasteiger partial charge on any atom is -0.406 e. The number of carbonyl (C=O) groups is 1. The Kier molecular flexibility index (Phi) is 2.27. The van der Waals surface area contributed by atoms with Gasteiger partial charge in [0.25, 0.3) is 5.91 Å². The van der Waals surface area contributed by atoms with Gasteiger partial charge in [0, 0.05) is 11.3 Å². The van der Waals surface area contributed by atoms with E-state index in [9.17, 15) is 23.1 Å². The highest BCUT2D eigenvalue weighted by molar-refractivity contribution is 6.01. The van der Waals surface area contributed by atoms with Crippen LogP contribution in [0.2, 0.25) is 0 Å². The highest BCUT2D eigenvalue weighted by Crippen LogP contribution is 2.34. The van der Waals surface area contributed by atoms with Gasteiger partial charge in [0.05, 0.1) is 0 Å². The number of hydrogen-bond acceptors (Lipinski definition) is 3. The first-order chi connectivity index (χ1) is 7.37. The van der Waals surface area contributed by atoms with Crippen molar-refractivity contribution in [3.8, 4) is 5.75 Å². The molecule has 0 saturated carbocycles. The summed E-state index contributed by atoms with van der Waals surface area (Å²) in [7, 11) is 0. The molecule has 16 heavy (non-hydrogen) atoms. The third kappa shape index (κ3) is 1.94. The second kappa shape index (κ2) is 3.38. The van der Waals surface area contributed by atoms with E-state index in [1.54, 1.807) is 0 Å². The predicted molar refractivity (Wildman–Crippen MR) is 46.7 cm³/mol. The SMILES string of the molecule is O=C1Nc2ccc(OC(F)(F)F)cc2[C@@H]1O. The van der Waals surface area contributed by atoms with Gasteiger partial charge in [0.1, 0.15) is 5.75 Å². The largest absolute Gasteiger partial charge is 0.573 e. The van der Waals surface area contributed by atoms with Gasteiger partial charge in [-0.05, 0) is 18.2 Å². The Bertz CT molecular complexity index is 444. The number of fused-ring (bicyclic) bond motifs is 1. The van der Waals surface area contributed by atoms with E-state index in [1.165, 1.54) is 6.07 Å². The first-order valence-corrected chi connectivity index (χ1v) is 4.25. The molecule has 0 aliphatic carbocycles. The van der Waals surface area contributed by atoms with Crippen LogP contribution in [0.15, 0.2) is 18.2 Å². The molecule has 0 bridgehead atoms. The molecule has 1 aliphatic rings. The molecule has 1 aromatic carbocycles. The Labute approximate surface area is 87.6 Å². The number of rotatable bonds is 1. The topological polar surface area (TPSA) is 58.6 Å². The Balaban J connectivity index is 2.31. The average molecular weight is 233 g/mol. The number of ether oxygens (including phenoxy) is 1. The summed E-state index contributed by atoms with van der Waals surface area (Å²) in [6, 6.07) is 3.28. The number of carbonyl (C=O) groups excluding carboxylic acids is 1. The summed E-state index contributed by atoms with van der Waals surface area (Å²) >= 11 is 0. The Morgan fingerprint density at radius 3 is 2.69 bits per heavy atom. The fourth-order valence-electron chi connectivity index (χ4n) is 1.42. The zero-order valence-corrected chi connectivity index (χ0v) is 7.71. The van der Waals surface area contributed by atoms with E-state index in [1.807, 2.05) is 0 Å². The lowest BCUT2D eigenvalue weighted by Crippen LogP contribution is -2.17. The van der Waals surface area contributed by atoms with Gasteiger partial charge in [-0.2, -0.15) is 0 Å². The molecule has 1 aliphatic heterocycles. The minimum atomic E-state index is -4.80. The first kappa shape index (κ1) is 10.7. The fraction of sp³-hybridized carbons (Fsp3) is 0.222. The summed E-state index contributed by atoms with van der Waals surface area (Å²) in [5.74, 6) is -1.14. The quantitative estimate of drug-likeness (QED) is 0.774. The molecule has 1 atom stereocenters. The number of aliphatic hydroxyl groups excluding tert-OH is 1. The van der Waals surface area contributed by atoms with E-state index in [-0.39, 0.29) is 11.3 Å². The van der Waals surface area contributed by atoms with Crippen LogP contribution in [0.25, 0.3) is 0 Å². The van der Waals surface area contributed by atoms with Crippen molar-refractivity contribution >= 4 is 11.6 Å². The monoisotopic (exact) mass is 233 g/mol. The Morgan fingerprint density at radius 2 is 2.06 bits per heavy atom. The van der Waals surface area contributed by atoms with Gasteiger partial charge in [-0.25, -0.2) is 0 Å². The van der Waals surface area contributed by atoms with Crippen molar-refractivity contribution < 1.29 is 27.8 Å². The molecular weight excluding hydrogens is 227 g/mol. The molecule has 86 valence electrons. The summed E-state index contributed by atoms with van der Waals surface area (Å²) in [5, 5.41) is 11.6. The van der Waals surface area contributed by atoms with Crippen molar-refractivity contribution in [2.24, 2.45) is 0 Å². The summed E-state index contributed by atoms with van der Waals surface area (Å²) in [6.07, 6.45) is -6.25. The molecule has 1 amide bonds. The van der Waals surface area contributed by atoms with Crippen molar-refractivity contribution in [2.75, 3.05) is 5.32 Å². The number of amides is 1. The van der Waals surface area contributed by atoms with Crippen LogP contribution < -0.4 is 10.1 Å². The van der Waals surface area contributed by atoms with E-state index in [0.29, 0.717) is 0 Å². The molecule has 0 aromatic heterocycles. The van der Waals surface area contributed by atoms with Crippen LogP contribution in [0.5, 0.6) is 5.75 Å². The van der Waals surface area contributed by atoms with Gasteiger partial charge in [-0.1, -0.05) is 0 Å². The van der Waals surface area contributed by atoms with Crippen LogP contribution in [0.1, 0.15) is 11.7 Å². The molecule has 0 spiro atoms. The van der Waals surface area contributed by atoms with Crippen molar-refractivity contribution in [3.63, 3.8) is 0 Å². The number of halogens is 3. The molecule has 0 fully saturated rings. The standard InChI is InChI=1S/C9H6F3NO3/c10-9(11,12)16-4-1-2-6-5(3-4)7(14)8(15)13-6/h1-3,7,14H,(H,13,15)/t7-/m0/s1. The van der Waals surface area contributed by atoms with Crippen molar-refractivity contribution in [1.29, 1.82) is 0 Å². The van der Waals surface area contributed by atoms with E-state index < -0.39 is 24.1 Å². The minimum absolute atomic E-state index is 0.0757. The smallest absolute Gasteiger partial charge is 0.406 e. The molecule has 1 heterocycles. The van der Waals surface area contributed by atoms with E-state index in [2.05, 4.69) is 10.1 Å². The van der Waals surface area contributed by atoms with E-state index >= 15 is 0 Å². The molecular formula is C9H6F3NO3. The van der Waals surface area contributed by atoms with Gasteiger partial charge in [-0.15, -0.1) is 13.2 Å². The summed E-state index contributed by atoms with van der Waals surface area (Å²) in [5.41, 5.74) is 0.360. The average Bonchev–Trinajstić information content (AvgIpc) is 2.42. The van der Waals surface area contributed by atoms with Crippen molar-refractivity contribution in [1.82, 2.24) is 0 Å². The predicted octanol–water partition coefficient (Wildman–Crippen LogP) is 1.57. The van der Waals surface area contributed by atoms with Crippen LogP contribution in [0.3, 0.4) is 0 Å². The maximum absolute atomic E-state index is 11.9. The zero-order chi connectivity index (χ0) is 11.9. The lowest BCUT2D eigenvalue weighted by molar-refractivity contribution is -0.274. The first-order valence-electron chi connectivity index (χ1n) is 4.25. The number of alkyl halides is 3. The molecule has 4 nitrogen and oxygen atoms in total. The third-order valence-electron chi connectivity index (χ3n) is 2.06. The van der Waals surface area contributed by atoms with Crippen LogP contribution in [0.4, 0.5) is 18.9 Å². The summed E-state index contributed by atoms with van der Waals surface area (Å²) in [4.78, 5) is 11.0. The van der Waals surface area contributed by atoms with E-state index in [4.69, 9.17) is 0 Å². The normalized spacial score (nSPS) is 19.2. The lowest BCUT2D eigenvalue weighted by Gasteiger charge is -2.10. The highest BCUT2D eigenvalue weighted by atomic mass is 19.4. The molecule has 1 aromatic rings. The van der Waals surface area contributed by atoms with Gasteiger partial charge in [-0.3, -0.25) is 4.79 Å². The Hall–Kier alpha value is -1.76. The highest BCUT2D eigenvalue weighted by Gasteiger charge is 2.33. The van der Waals surface area contributed by atoms with Gasteiger partial charge >= 0.3 is 6.36 Å². The Morgan fingerprint density at radius 1 is 1.38 bits per heavy atom. The van der Waals surface area contributed by atoms with Crippen LogP contribution in [-0.2, 0) is 4.79 Å². The summed E-state index contributed by atoms with van der Waals surface area (Å²) in [6.45, 7) is 0. The van der Waals surface area contributed by atoms with Gasteiger partial charge in [0.2, 0.25) is 0 Å². The molecule has 2 rings (SSSR count). The number of nitrogens with one attached hydrogen (secondary N) is 1. The second-order valence-electron chi connectivity index (χ2n) is 3.19. The molecule has 2 N–H and O–H groups in total.